The average molecular weight is 190 g/mol. The minimum Gasteiger partial charge on any atom is -0.469 e. The molecule has 0 unspecified atom stereocenters. The number of hydrogen-bond acceptors (Lipinski definition) is 5. The Balaban J connectivity index is 3.17. The predicted octanol–water partition coefficient (Wildman–Crippen LogP) is 0.129. The number of methoxy groups -OCH3 is 2. The Morgan fingerprint density at radius 2 is 1.31 bits per heavy atom. The summed E-state index contributed by atoms with van der Waals surface area (Å²) in [6.45, 7) is 0.535. The van der Waals surface area contributed by atoms with E-state index in [1.54, 1.807) is 0 Å². The zero-order chi connectivity index (χ0) is 10.1. The average Bonchev–Trinajstić information content (AvgIpc) is 2.16. The van der Waals surface area contributed by atoms with Gasteiger partial charge in [0.2, 0.25) is 0 Å². The van der Waals surface area contributed by atoms with E-state index in [0.29, 0.717) is 0 Å². The second-order valence-electron chi connectivity index (χ2n) is 2.26. The van der Waals surface area contributed by atoms with Gasteiger partial charge in [-0.15, -0.1) is 0 Å². The van der Waals surface area contributed by atoms with Gasteiger partial charge in [-0.2, -0.15) is 0 Å². The molecule has 0 aromatic carbocycles. The van der Waals surface area contributed by atoms with E-state index in [9.17, 15) is 9.59 Å². The number of hydrogen-bond donors (Lipinski definition) is 0. The van der Waals surface area contributed by atoms with E-state index >= 15 is 0 Å². The Labute approximate surface area is 77.0 Å². The normalized spacial score (nSPS) is 9.38. The van der Waals surface area contributed by atoms with Crippen LogP contribution in [-0.4, -0.2) is 39.4 Å². The number of carbonyl (C=O) groups excluding carboxylic acids is 2. The first-order chi connectivity index (χ1) is 6.20. The van der Waals surface area contributed by atoms with E-state index in [1.807, 2.05) is 0 Å². The molecule has 0 spiro atoms. The van der Waals surface area contributed by atoms with E-state index in [2.05, 4.69) is 9.47 Å². The van der Waals surface area contributed by atoms with Gasteiger partial charge in [0.1, 0.15) is 0 Å². The molecule has 0 bridgehead atoms. The van der Waals surface area contributed by atoms with Crippen molar-refractivity contribution in [3.05, 3.63) is 0 Å². The first-order valence-electron chi connectivity index (χ1n) is 3.92. The molecule has 13 heavy (non-hydrogen) atoms. The number of rotatable bonds is 6. The fraction of sp³-hybridized carbons (Fsp3) is 0.750. The number of esters is 2. The van der Waals surface area contributed by atoms with Gasteiger partial charge in [-0.05, 0) is 0 Å². The van der Waals surface area contributed by atoms with Gasteiger partial charge < -0.3 is 14.2 Å². The smallest absolute Gasteiger partial charge is 0.307 e. The predicted molar refractivity (Wildman–Crippen MR) is 44.1 cm³/mol. The van der Waals surface area contributed by atoms with E-state index in [1.165, 1.54) is 14.2 Å². The monoisotopic (exact) mass is 190 g/mol. The third-order valence-electron chi connectivity index (χ3n) is 1.36. The van der Waals surface area contributed by atoms with Crippen molar-refractivity contribution < 1.29 is 23.8 Å². The first-order valence-corrected chi connectivity index (χ1v) is 3.92. The minimum atomic E-state index is -0.321. The molecule has 0 radical (unpaired) electrons. The highest BCUT2D eigenvalue weighted by Gasteiger charge is 2.01. The number of ether oxygens (including phenoxy) is 3. The molecule has 0 aromatic rings. The summed E-state index contributed by atoms with van der Waals surface area (Å²) in [4.78, 5) is 21.1. The van der Waals surface area contributed by atoms with Crippen molar-refractivity contribution in [3.63, 3.8) is 0 Å². The van der Waals surface area contributed by atoms with Crippen LogP contribution >= 0.6 is 0 Å². The summed E-state index contributed by atoms with van der Waals surface area (Å²) in [5.74, 6) is -0.642. The Bertz CT molecular complexity index is 148. The lowest BCUT2D eigenvalue weighted by Gasteiger charge is -2.01. The molecule has 0 amide bonds. The van der Waals surface area contributed by atoms with Crippen LogP contribution in [0.4, 0.5) is 0 Å². The lowest BCUT2D eigenvalue weighted by atomic mass is 10.4. The highest BCUT2D eigenvalue weighted by atomic mass is 16.5. The first kappa shape index (κ1) is 11.9. The van der Waals surface area contributed by atoms with Gasteiger partial charge >= 0.3 is 11.9 Å². The van der Waals surface area contributed by atoms with Crippen LogP contribution in [0.25, 0.3) is 0 Å². The Morgan fingerprint density at radius 1 is 0.923 bits per heavy atom. The van der Waals surface area contributed by atoms with Gasteiger partial charge in [-0.25, -0.2) is 0 Å². The van der Waals surface area contributed by atoms with Gasteiger partial charge in [-0.3, -0.25) is 9.59 Å². The van der Waals surface area contributed by atoms with Crippen LogP contribution in [0.5, 0.6) is 0 Å². The summed E-state index contributed by atoms with van der Waals surface area (Å²) in [5, 5.41) is 0. The van der Waals surface area contributed by atoms with Crippen LogP contribution in [0.3, 0.4) is 0 Å². The molecule has 0 aliphatic heterocycles. The van der Waals surface area contributed by atoms with Crippen molar-refractivity contribution in [1.82, 2.24) is 0 Å². The molecule has 5 nitrogen and oxygen atoms in total. The van der Waals surface area contributed by atoms with Crippen molar-refractivity contribution in [2.45, 2.75) is 12.8 Å². The Kier molecular flexibility index (Phi) is 6.91. The van der Waals surface area contributed by atoms with Crippen molar-refractivity contribution >= 4 is 11.9 Å². The molecule has 0 saturated carbocycles. The standard InChI is InChI=1S/C8H14O5/c1-11-7(9)3-5-13-6-4-8(10)12-2/h3-6H2,1-2H3. The molecule has 76 valence electrons. The summed E-state index contributed by atoms with van der Waals surface area (Å²) in [5.41, 5.74) is 0. The van der Waals surface area contributed by atoms with Gasteiger partial charge in [-0.1, -0.05) is 0 Å². The van der Waals surface area contributed by atoms with E-state index in [4.69, 9.17) is 4.74 Å². The van der Waals surface area contributed by atoms with Crippen LogP contribution in [0.15, 0.2) is 0 Å². The van der Waals surface area contributed by atoms with Crippen molar-refractivity contribution in [2.24, 2.45) is 0 Å². The quantitative estimate of drug-likeness (QED) is 0.440. The largest absolute Gasteiger partial charge is 0.469 e. The van der Waals surface area contributed by atoms with E-state index in [-0.39, 0.29) is 38.0 Å². The highest BCUT2D eigenvalue weighted by Crippen LogP contribution is 1.89. The van der Waals surface area contributed by atoms with Gasteiger partial charge in [0.25, 0.3) is 0 Å². The SMILES string of the molecule is COC(=O)CCOCCC(=O)OC. The Hall–Kier alpha value is -1.10. The maximum absolute atomic E-state index is 10.6. The summed E-state index contributed by atoms with van der Waals surface area (Å²) in [6.07, 6.45) is 0.412. The van der Waals surface area contributed by atoms with Crippen molar-refractivity contribution in [3.8, 4) is 0 Å². The van der Waals surface area contributed by atoms with Gasteiger partial charge in [0.05, 0.1) is 40.3 Å². The van der Waals surface area contributed by atoms with Crippen LogP contribution in [0.2, 0.25) is 0 Å². The third kappa shape index (κ3) is 7.27. The molecular formula is C8H14O5. The van der Waals surface area contributed by atoms with Crippen molar-refractivity contribution in [1.29, 1.82) is 0 Å². The third-order valence-corrected chi connectivity index (χ3v) is 1.36. The summed E-state index contributed by atoms with van der Waals surface area (Å²) >= 11 is 0. The van der Waals surface area contributed by atoms with Crippen LogP contribution < -0.4 is 0 Å². The van der Waals surface area contributed by atoms with E-state index in [0.717, 1.165) is 0 Å². The molecule has 0 heterocycles. The molecule has 0 rings (SSSR count). The Morgan fingerprint density at radius 3 is 1.62 bits per heavy atom. The molecule has 0 fully saturated rings. The molecule has 0 saturated heterocycles. The maximum atomic E-state index is 10.6. The molecule has 0 aliphatic rings. The maximum Gasteiger partial charge on any atom is 0.307 e. The number of carbonyl (C=O) groups is 2. The second kappa shape index (κ2) is 7.54. The molecule has 5 heteroatoms. The lowest BCUT2D eigenvalue weighted by Crippen LogP contribution is -2.09. The fourth-order valence-electron chi connectivity index (χ4n) is 0.617. The zero-order valence-electron chi connectivity index (χ0n) is 7.87. The highest BCUT2D eigenvalue weighted by molar-refractivity contribution is 5.69. The summed E-state index contributed by atoms with van der Waals surface area (Å²) in [7, 11) is 2.63. The summed E-state index contributed by atoms with van der Waals surface area (Å²) in [6, 6.07) is 0. The minimum absolute atomic E-state index is 0.206. The topological polar surface area (TPSA) is 61.8 Å². The van der Waals surface area contributed by atoms with Gasteiger partial charge in [0, 0.05) is 0 Å². The van der Waals surface area contributed by atoms with Crippen molar-refractivity contribution in [2.75, 3.05) is 27.4 Å². The van der Waals surface area contributed by atoms with Crippen LogP contribution in [-0.2, 0) is 23.8 Å². The lowest BCUT2D eigenvalue weighted by molar-refractivity contribution is -0.142. The van der Waals surface area contributed by atoms with Crippen LogP contribution in [0.1, 0.15) is 12.8 Å². The molecule has 0 aliphatic carbocycles. The molecule has 0 aromatic heterocycles. The van der Waals surface area contributed by atoms with Gasteiger partial charge in [0.15, 0.2) is 0 Å². The van der Waals surface area contributed by atoms with Crippen LogP contribution in [0, 0.1) is 0 Å². The molecule has 0 atom stereocenters. The van der Waals surface area contributed by atoms with E-state index < -0.39 is 0 Å². The zero-order valence-corrected chi connectivity index (χ0v) is 7.87. The molecular weight excluding hydrogens is 176 g/mol. The molecule has 0 N–H and O–H groups in total. The summed E-state index contributed by atoms with van der Waals surface area (Å²) < 4.78 is 13.8. The fourth-order valence-corrected chi connectivity index (χ4v) is 0.617. The second-order valence-corrected chi connectivity index (χ2v) is 2.26.